The molecule has 1 aromatic carbocycles. The van der Waals surface area contributed by atoms with Crippen LogP contribution in [0.2, 0.25) is 0 Å². The minimum absolute atomic E-state index is 0.0341. The first-order valence-electron chi connectivity index (χ1n) is 9.21. The van der Waals surface area contributed by atoms with Crippen molar-refractivity contribution >= 4 is 11.8 Å². The second-order valence-electron chi connectivity index (χ2n) is 7.13. The van der Waals surface area contributed by atoms with Crippen LogP contribution in [0.25, 0.3) is 0 Å². The highest BCUT2D eigenvalue weighted by molar-refractivity contribution is 5.92. The second kappa shape index (κ2) is 8.17. The summed E-state index contributed by atoms with van der Waals surface area (Å²) < 4.78 is 0. The smallest absolute Gasteiger partial charge is 0.274 e. The fourth-order valence-corrected chi connectivity index (χ4v) is 3.18. The molecule has 0 bridgehead atoms. The first-order valence-corrected chi connectivity index (χ1v) is 9.21. The van der Waals surface area contributed by atoms with Crippen molar-refractivity contribution in [3.8, 4) is 0 Å². The van der Waals surface area contributed by atoms with Crippen molar-refractivity contribution in [1.82, 2.24) is 20.4 Å². The highest BCUT2D eigenvalue weighted by atomic mass is 16.2. The lowest BCUT2D eigenvalue weighted by molar-refractivity contribution is -0.126. The molecule has 0 saturated carbocycles. The third kappa shape index (κ3) is 4.31. The molecule has 3 rings (SSSR count). The quantitative estimate of drug-likeness (QED) is 0.866. The standard InChI is InChI=1S/C20H26N4O2/c1-14(2)17-12-18(23-22-17)20(26)24-10-8-16(9-11-24)19(25)21-13-15-6-4-3-5-7-15/h3-7,12,14,16H,8-11,13H2,1-2H3,(H,21,25)(H,22,23). The molecule has 1 aliphatic rings. The van der Waals surface area contributed by atoms with Crippen molar-refractivity contribution in [2.45, 2.75) is 39.2 Å². The van der Waals surface area contributed by atoms with Crippen LogP contribution in [0.15, 0.2) is 36.4 Å². The van der Waals surface area contributed by atoms with Gasteiger partial charge in [-0.3, -0.25) is 14.7 Å². The van der Waals surface area contributed by atoms with Gasteiger partial charge in [-0.05, 0) is 30.4 Å². The zero-order chi connectivity index (χ0) is 18.5. The van der Waals surface area contributed by atoms with E-state index in [2.05, 4.69) is 29.4 Å². The molecule has 1 saturated heterocycles. The SMILES string of the molecule is CC(C)c1cc(C(=O)N2CCC(C(=O)NCc3ccccc3)CC2)n[nH]1. The molecule has 1 aliphatic heterocycles. The molecule has 0 spiro atoms. The van der Waals surface area contributed by atoms with Gasteiger partial charge in [0, 0.05) is 31.2 Å². The Morgan fingerprint density at radius 3 is 2.54 bits per heavy atom. The second-order valence-corrected chi connectivity index (χ2v) is 7.13. The van der Waals surface area contributed by atoms with Crippen LogP contribution in [-0.2, 0) is 11.3 Å². The van der Waals surface area contributed by atoms with Crippen LogP contribution >= 0.6 is 0 Å². The van der Waals surface area contributed by atoms with Gasteiger partial charge in [-0.2, -0.15) is 5.10 Å². The van der Waals surface area contributed by atoms with Gasteiger partial charge >= 0.3 is 0 Å². The van der Waals surface area contributed by atoms with Crippen molar-refractivity contribution in [2.75, 3.05) is 13.1 Å². The lowest BCUT2D eigenvalue weighted by Gasteiger charge is -2.30. The summed E-state index contributed by atoms with van der Waals surface area (Å²) in [5.74, 6) is 0.287. The van der Waals surface area contributed by atoms with Gasteiger partial charge in [0.2, 0.25) is 5.91 Å². The van der Waals surface area contributed by atoms with Gasteiger partial charge in [-0.25, -0.2) is 0 Å². The van der Waals surface area contributed by atoms with E-state index in [-0.39, 0.29) is 17.7 Å². The Bertz CT molecular complexity index is 746. The Kier molecular flexibility index (Phi) is 5.71. The molecule has 0 atom stereocenters. The number of nitrogens with zero attached hydrogens (tertiary/aromatic N) is 2. The molecular formula is C20H26N4O2. The van der Waals surface area contributed by atoms with Gasteiger partial charge in [-0.1, -0.05) is 44.2 Å². The lowest BCUT2D eigenvalue weighted by atomic mass is 9.95. The molecule has 0 aliphatic carbocycles. The number of carbonyl (C=O) groups excluding carboxylic acids is 2. The first-order chi connectivity index (χ1) is 12.5. The van der Waals surface area contributed by atoms with Gasteiger partial charge < -0.3 is 10.2 Å². The minimum Gasteiger partial charge on any atom is -0.352 e. The topological polar surface area (TPSA) is 78.1 Å². The van der Waals surface area contributed by atoms with E-state index in [4.69, 9.17) is 0 Å². The number of rotatable bonds is 5. The summed E-state index contributed by atoms with van der Waals surface area (Å²) in [4.78, 5) is 26.7. The van der Waals surface area contributed by atoms with E-state index in [0.717, 1.165) is 11.3 Å². The molecule has 1 fully saturated rings. The van der Waals surface area contributed by atoms with Gasteiger partial charge in [0.1, 0.15) is 5.69 Å². The van der Waals surface area contributed by atoms with Gasteiger partial charge in [0.25, 0.3) is 5.91 Å². The molecule has 2 aromatic rings. The van der Waals surface area contributed by atoms with Crippen LogP contribution in [-0.4, -0.2) is 40.0 Å². The molecule has 1 aromatic heterocycles. The summed E-state index contributed by atoms with van der Waals surface area (Å²) in [5.41, 5.74) is 2.51. The molecule has 0 radical (unpaired) electrons. The van der Waals surface area contributed by atoms with E-state index in [1.165, 1.54) is 0 Å². The predicted molar refractivity (Wildman–Crippen MR) is 99.6 cm³/mol. The van der Waals surface area contributed by atoms with Crippen LogP contribution in [0.3, 0.4) is 0 Å². The summed E-state index contributed by atoms with van der Waals surface area (Å²) in [6.07, 6.45) is 1.38. The summed E-state index contributed by atoms with van der Waals surface area (Å²) in [5, 5.41) is 10.1. The van der Waals surface area contributed by atoms with Gasteiger partial charge in [-0.15, -0.1) is 0 Å². The Balaban J connectivity index is 1.48. The maximum Gasteiger partial charge on any atom is 0.274 e. The predicted octanol–water partition coefficient (Wildman–Crippen LogP) is 2.70. The maximum atomic E-state index is 12.6. The Morgan fingerprint density at radius 2 is 1.92 bits per heavy atom. The molecule has 138 valence electrons. The third-order valence-electron chi connectivity index (χ3n) is 4.90. The number of piperidine rings is 1. The van der Waals surface area contributed by atoms with E-state index >= 15 is 0 Å². The van der Waals surface area contributed by atoms with Crippen LogP contribution < -0.4 is 5.32 Å². The average Bonchev–Trinajstić information content (AvgIpc) is 3.17. The van der Waals surface area contributed by atoms with Gasteiger partial charge in [0.15, 0.2) is 0 Å². The minimum atomic E-state index is -0.0590. The van der Waals surface area contributed by atoms with Crippen molar-refractivity contribution in [3.63, 3.8) is 0 Å². The number of aromatic nitrogens is 2. The highest BCUT2D eigenvalue weighted by Gasteiger charge is 2.28. The summed E-state index contributed by atoms with van der Waals surface area (Å²) in [6, 6.07) is 11.7. The normalized spacial score (nSPS) is 15.3. The molecular weight excluding hydrogens is 328 g/mol. The zero-order valence-corrected chi connectivity index (χ0v) is 15.4. The zero-order valence-electron chi connectivity index (χ0n) is 15.4. The lowest BCUT2D eigenvalue weighted by Crippen LogP contribution is -2.43. The van der Waals surface area contributed by atoms with E-state index in [9.17, 15) is 9.59 Å². The van der Waals surface area contributed by atoms with Gasteiger partial charge in [0.05, 0.1) is 0 Å². The molecule has 0 unspecified atom stereocenters. The first kappa shape index (κ1) is 18.2. The third-order valence-corrected chi connectivity index (χ3v) is 4.90. The van der Waals surface area contributed by atoms with Crippen molar-refractivity contribution < 1.29 is 9.59 Å². The van der Waals surface area contributed by atoms with E-state index in [1.54, 1.807) is 4.90 Å². The Hall–Kier alpha value is -2.63. The fraction of sp³-hybridized carbons (Fsp3) is 0.450. The molecule has 2 amide bonds. The highest BCUT2D eigenvalue weighted by Crippen LogP contribution is 2.20. The van der Waals surface area contributed by atoms with E-state index < -0.39 is 0 Å². The number of hydrogen-bond acceptors (Lipinski definition) is 3. The average molecular weight is 354 g/mol. The molecule has 6 nitrogen and oxygen atoms in total. The Labute approximate surface area is 154 Å². The van der Waals surface area contributed by atoms with Crippen LogP contribution in [0.5, 0.6) is 0 Å². The molecule has 26 heavy (non-hydrogen) atoms. The summed E-state index contributed by atoms with van der Waals surface area (Å²) >= 11 is 0. The number of hydrogen-bond donors (Lipinski definition) is 2. The number of amides is 2. The number of carbonyl (C=O) groups is 2. The van der Waals surface area contributed by atoms with Crippen LogP contribution in [0.4, 0.5) is 0 Å². The van der Waals surface area contributed by atoms with Crippen molar-refractivity contribution in [3.05, 3.63) is 53.3 Å². The maximum absolute atomic E-state index is 12.6. The van der Waals surface area contributed by atoms with Crippen LogP contribution in [0, 0.1) is 5.92 Å². The van der Waals surface area contributed by atoms with Crippen LogP contribution in [0.1, 0.15) is 54.4 Å². The molecule has 2 heterocycles. The largest absolute Gasteiger partial charge is 0.352 e. The van der Waals surface area contributed by atoms with E-state index in [1.807, 2.05) is 36.4 Å². The Morgan fingerprint density at radius 1 is 1.23 bits per heavy atom. The monoisotopic (exact) mass is 354 g/mol. The summed E-state index contributed by atoms with van der Waals surface area (Å²) in [7, 11) is 0. The molecule has 2 N–H and O–H groups in total. The molecule has 6 heteroatoms. The summed E-state index contributed by atoms with van der Waals surface area (Å²) in [6.45, 7) is 5.84. The number of benzene rings is 1. The van der Waals surface area contributed by atoms with Crippen molar-refractivity contribution in [2.24, 2.45) is 5.92 Å². The number of aromatic amines is 1. The fourth-order valence-electron chi connectivity index (χ4n) is 3.18. The number of nitrogens with one attached hydrogen (secondary N) is 2. The van der Waals surface area contributed by atoms with Crippen molar-refractivity contribution in [1.29, 1.82) is 0 Å². The number of H-pyrrole nitrogens is 1. The van der Waals surface area contributed by atoms with E-state index in [0.29, 0.717) is 44.1 Å². The number of likely N-dealkylation sites (tertiary alicyclic amines) is 1.